The van der Waals surface area contributed by atoms with E-state index in [-0.39, 0.29) is 19.0 Å². The van der Waals surface area contributed by atoms with E-state index in [2.05, 4.69) is 5.32 Å². The normalized spacial score (nSPS) is 11.1. The topological polar surface area (TPSA) is 49.4 Å². The first kappa shape index (κ1) is 19.8. The Bertz CT molecular complexity index is 792. The number of carbonyl (C=O) groups excluding carboxylic acids is 2. The number of likely N-dealkylation sites (N-methyl/N-ethyl adjacent to an activating group) is 1. The summed E-state index contributed by atoms with van der Waals surface area (Å²) in [5.41, 5.74) is 0.134. The number of nitrogens with one attached hydrogen (secondary N) is 1. The van der Waals surface area contributed by atoms with Crippen LogP contribution in [-0.2, 0) is 17.5 Å². The van der Waals surface area contributed by atoms with Gasteiger partial charge in [-0.2, -0.15) is 13.2 Å². The summed E-state index contributed by atoms with van der Waals surface area (Å²) in [6.45, 7) is -0.105. The number of rotatable bonds is 5. The largest absolute Gasteiger partial charge is 0.416 e. The highest BCUT2D eigenvalue weighted by molar-refractivity contribution is 6.30. The molecule has 8 heteroatoms. The van der Waals surface area contributed by atoms with Gasteiger partial charge in [0.2, 0.25) is 5.91 Å². The molecule has 0 aliphatic carbocycles. The number of amides is 2. The van der Waals surface area contributed by atoms with Crippen molar-refractivity contribution in [1.29, 1.82) is 0 Å². The van der Waals surface area contributed by atoms with Crippen LogP contribution in [0.2, 0.25) is 5.02 Å². The molecule has 0 spiro atoms. The van der Waals surface area contributed by atoms with Gasteiger partial charge in [0.15, 0.2) is 0 Å². The molecule has 0 saturated carbocycles. The fourth-order valence-electron chi connectivity index (χ4n) is 2.18. The molecule has 0 saturated heterocycles. The van der Waals surface area contributed by atoms with E-state index < -0.39 is 17.6 Å². The van der Waals surface area contributed by atoms with Gasteiger partial charge in [-0.25, -0.2) is 0 Å². The summed E-state index contributed by atoms with van der Waals surface area (Å²) in [5, 5.41) is 2.89. The zero-order valence-corrected chi connectivity index (χ0v) is 14.6. The van der Waals surface area contributed by atoms with Crippen molar-refractivity contribution in [1.82, 2.24) is 10.2 Å². The van der Waals surface area contributed by atoms with Crippen molar-refractivity contribution >= 4 is 23.4 Å². The fraction of sp³-hybridized carbons (Fsp3) is 0.222. The molecule has 0 heterocycles. The predicted octanol–water partition coefficient (Wildman–Crippen LogP) is 3.75. The summed E-state index contributed by atoms with van der Waals surface area (Å²) >= 11 is 5.81. The SMILES string of the molecule is CN(Cc1ccc(C(F)(F)F)cc1)C(=O)CNC(=O)c1cccc(Cl)c1. The molecule has 0 fully saturated rings. The van der Waals surface area contributed by atoms with Crippen LogP contribution in [-0.4, -0.2) is 30.3 Å². The lowest BCUT2D eigenvalue weighted by Gasteiger charge is -2.18. The molecule has 2 rings (SSSR count). The van der Waals surface area contributed by atoms with Gasteiger partial charge in [0.25, 0.3) is 5.91 Å². The zero-order chi connectivity index (χ0) is 19.3. The quantitative estimate of drug-likeness (QED) is 0.853. The summed E-state index contributed by atoms with van der Waals surface area (Å²) in [6, 6.07) is 10.9. The molecule has 0 aliphatic rings. The van der Waals surface area contributed by atoms with Crippen LogP contribution in [0.5, 0.6) is 0 Å². The zero-order valence-electron chi connectivity index (χ0n) is 13.8. The Hall–Kier alpha value is -2.54. The van der Waals surface area contributed by atoms with Crippen LogP contribution in [0.4, 0.5) is 13.2 Å². The minimum atomic E-state index is -4.40. The van der Waals surface area contributed by atoms with Crippen molar-refractivity contribution < 1.29 is 22.8 Å². The van der Waals surface area contributed by atoms with Gasteiger partial charge in [-0.1, -0.05) is 29.8 Å². The molecule has 0 aromatic heterocycles. The van der Waals surface area contributed by atoms with Crippen molar-refractivity contribution in [2.75, 3.05) is 13.6 Å². The second kappa shape index (κ2) is 8.23. The van der Waals surface area contributed by atoms with E-state index in [4.69, 9.17) is 11.6 Å². The highest BCUT2D eigenvalue weighted by Crippen LogP contribution is 2.29. The Morgan fingerprint density at radius 2 is 1.77 bits per heavy atom. The molecule has 2 aromatic rings. The average molecular weight is 385 g/mol. The number of halogens is 4. The smallest absolute Gasteiger partial charge is 0.343 e. The van der Waals surface area contributed by atoms with Crippen LogP contribution >= 0.6 is 11.6 Å². The van der Waals surface area contributed by atoms with Crippen LogP contribution in [0, 0.1) is 0 Å². The van der Waals surface area contributed by atoms with Crippen LogP contribution in [0.15, 0.2) is 48.5 Å². The van der Waals surface area contributed by atoms with Gasteiger partial charge >= 0.3 is 6.18 Å². The van der Waals surface area contributed by atoms with Crippen LogP contribution in [0.25, 0.3) is 0 Å². The minimum absolute atomic E-state index is 0.129. The molecule has 4 nitrogen and oxygen atoms in total. The number of carbonyl (C=O) groups is 2. The Balaban J connectivity index is 1.88. The fourth-order valence-corrected chi connectivity index (χ4v) is 2.37. The first-order valence-electron chi connectivity index (χ1n) is 7.60. The van der Waals surface area contributed by atoms with Crippen molar-refractivity contribution in [2.45, 2.75) is 12.7 Å². The Morgan fingerprint density at radius 1 is 1.12 bits per heavy atom. The molecule has 0 radical (unpaired) electrons. The van der Waals surface area contributed by atoms with Crippen molar-refractivity contribution in [3.05, 3.63) is 70.2 Å². The standard InChI is InChI=1S/C18H16ClF3N2O2/c1-24(11-12-5-7-14(8-6-12)18(20,21)22)16(25)10-23-17(26)13-3-2-4-15(19)9-13/h2-9H,10-11H2,1H3,(H,23,26). The van der Waals surface area contributed by atoms with Crippen molar-refractivity contribution in [3.8, 4) is 0 Å². The van der Waals surface area contributed by atoms with E-state index in [0.29, 0.717) is 16.1 Å². The highest BCUT2D eigenvalue weighted by Gasteiger charge is 2.30. The summed E-state index contributed by atoms with van der Waals surface area (Å²) < 4.78 is 37.6. The van der Waals surface area contributed by atoms with E-state index in [1.54, 1.807) is 18.2 Å². The van der Waals surface area contributed by atoms with Crippen molar-refractivity contribution in [3.63, 3.8) is 0 Å². The highest BCUT2D eigenvalue weighted by atomic mass is 35.5. The number of hydrogen-bond acceptors (Lipinski definition) is 2. The van der Waals surface area contributed by atoms with Crippen molar-refractivity contribution in [2.24, 2.45) is 0 Å². The van der Waals surface area contributed by atoms with Gasteiger partial charge in [-0.05, 0) is 35.9 Å². The van der Waals surface area contributed by atoms with Crippen LogP contribution in [0.3, 0.4) is 0 Å². The second-order valence-electron chi connectivity index (χ2n) is 5.64. The lowest BCUT2D eigenvalue weighted by atomic mass is 10.1. The molecule has 0 atom stereocenters. The number of benzene rings is 2. The number of hydrogen-bond donors (Lipinski definition) is 1. The molecule has 0 aliphatic heterocycles. The van der Waals surface area contributed by atoms with Gasteiger partial charge in [0, 0.05) is 24.2 Å². The number of nitrogens with zero attached hydrogens (tertiary/aromatic N) is 1. The molecule has 26 heavy (non-hydrogen) atoms. The number of alkyl halides is 3. The van der Waals surface area contributed by atoms with Gasteiger partial charge in [-0.15, -0.1) is 0 Å². The van der Waals surface area contributed by atoms with E-state index in [1.807, 2.05) is 0 Å². The van der Waals surface area contributed by atoms with Gasteiger partial charge < -0.3 is 10.2 Å². The summed E-state index contributed by atoms with van der Waals surface area (Å²) in [7, 11) is 1.51. The van der Waals surface area contributed by atoms with Gasteiger partial charge in [0.05, 0.1) is 12.1 Å². The molecule has 2 aromatic carbocycles. The molecular formula is C18H16ClF3N2O2. The maximum absolute atomic E-state index is 12.5. The molecule has 2 amide bonds. The summed E-state index contributed by atoms with van der Waals surface area (Å²) in [5.74, 6) is -0.816. The molecule has 0 unspecified atom stereocenters. The third kappa shape index (κ3) is 5.49. The Kier molecular flexibility index (Phi) is 6.26. The van der Waals surface area contributed by atoms with Crippen LogP contribution in [0.1, 0.15) is 21.5 Å². The molecule has 0 bridgehead atoms. The summed E-state index contributed by atoms with van der Waals surface area (Å²) in [4.78, 5) is 25.4. The second-order valence-corrected chi connectivity index (χ2v) is 6.07. The monoisotopic (exact) mass is 384 g/mol. The van der Waals surface area contributed by atoms with E-state index in [0.717, 1.165) is 12.1 Å². The Morgan fingerprint density at radius 3 is 2.35 bits per heavy atom. The maximum Gasteiger partial charge on any atom is 0.416 e. The minimum Gasteiger partial charge on any atom is -0.343 e. The lowest BCUT2D eigenvalue weighted by Crippen LogP contribution is -2.37. The Labute approximate surface area is 153 Å². The molecule has 1 N–H and O–H groups in total. The lowest BCUT2D eigenvalue weighted by molar-refractivity contribution is -0.137. The van der Waals surface area contributed by atoms with Crippen LogP contribution < -0.4 is 5.32 Å². The average Bonchev–Trinajstić information content (AvgIpc) is 2.59. The summed E-state index contributed by atoms with van der Waals surface area (Å²) in [6.07, 6.45) is -4.40. The van der Waals surface area contributed by atoms with Gasteiger partial charge in [-0.3, -0.25) is 9.59 Å². The van der Waals surface area contributed by atoms with E-state index >= 15 is 0 Å². The maximum atomic E-state index is 12.5. The first-order chi connectivity index (χ1) is 12.2. The third-order valence-electron chi connectivity index (χ3n) is 3.61. The van der Waals surface area contributed by atoms with Gasteiger partial charge in [0.1, 0.15) is 0 Å². The molecular weight excluding hydrogens is 369 g/mol. The van der Waals surface area contributed by atoms with E-state index in [9.17, 15) is 22.8 Å². The van der Waals surface area contributed by atoms with E-state index in [1.165, 1.54) is 30.1 Å². The molecule has 138 valence electrons. The predicted molar refractivity (Wildman–Crippen MR) is 91.7 cm³/mol. The third-order valence-corrected chi connectivity index (χ3v) is 3.85. The first-order valence-corrected chi connectivity index (χ1v) is 7.98.